The summed E-state index contributed by atoms with van der Waals surface area (Å²) in [5.74, 6) is 1.47. The minimum absolute atomic E-state index is 0.106. The molecule has 0 atom stereocenters. The summed E-state index contributed by atoms with van der Waals surface area (Å²) < 4.78 is 2.09. The third-order valence-electron chi connectivity index (χ3n) is 5.85. The molecule has 0 spiro atoms. The molecule has 1 saturated heterocycles. The molecule has 2 aliphatic rings. The van der Waals surface area contributed by atoms with Gasteiger partial charge in [0, 0.05) is 44.1 Å². The maximum absolute atomic E-state index is 12.7. The van der Waals surface area contributed by atoms with Gasteiger partial charge in [0.05, 0.1) is 11.6 Å². The molecule has 8 heteroatoms. The predicted octanol–water partition coefficient (Wildman–Crippen LogP) is 3.32. The molecule has 2 aromatic heterocycles. The van der Waals surface area contributed by atoms with Crippen LogP contribution in [0.2, 0.25) is 0 Å². The first-order valence-corrected chi connectivity index (χ1v) is 10.4. The Balaban J connectivity index is 1.32. The first-order valence-electron chi connectivity index (χ1n) is 10.4. The lowest BCUT2D eigenvalue weighted by Crippen LogP contribution is -2.50. The number of nitrogens with one attached hydrogen (secondary N) is 1. The van der Waals surface area contributed by atoms with Crippen molar-refractivity contribution in [3.63, 3.8) is 0 Å². The summed E-state index contributed by atoms with van der Waals surface area (Å²) in [6.45, 7) is 4.72. The van der Waals surface area contributed by atoms with Gasteiger partial charge in [-0.1, -0.05) is 19.3 Å². The van der Waals surface area contributed by atoms with E-state index in [2.05, 4.69) is 38.0 Å². The van der Waals surface area contributed by atoms with Crippen LogP contribution in [0.25, 0.3) is 0 Å². The van der Waals surface area contributed by atoms with Gasteiger partial charge < -0.3 is 9.80 Å². The van der Waals surface area contributed by atoms with Gasteiger partial charge in [0.25, 0.3) is 0 Å². The highest BCUT2D eigenvalue weighted by Gasteiger charge is 2.24. The first-order chi connectivity index (χ1) is 14.1. The molecule has 8 nitrogen and oxygen atoms in total. The average Bonchev–Trinajstić information content (AvgIpc) is 3.14. The number of pyridine rings is 1. The molecular formula is C21H27N7O. The topological polar surface area (TPSA) is 90.1 Å². The lowest BCUT2D eigenvalue weighted by Gasteiger charge is -2.35. The van der Waals surface area contributed by atoms with E-state index < -0.39 is 0 Å². The molecule has 152 valence electrons. The zero-order chi connectivity index (χ0) is 20.2. The van der Waals surface area contributed by atoms with Crippen LogP contribution < -0.4 is 10.2 Å². The molecule has 2 fully saturated rings. The number of hydrogen-bond donors (Lipinski definition) is 1. The average molecular weight is 393 g/mol. The highest BCUT2D eigenvalue weighted by Crippen LogP contribution is 2.29. The summed E-state index contributed by atoms with van der Waals surface area (Å²) in [7, 11) is 0. The number of amides is 2. The van der Waals surface area contributed by atoms with Gasteiger partial charge in [-0.25, -0.2) is 9.78 Å². The molecule has 29 heavy (non-hydrogen) atoms. The Kier molecular flexibility index (Phi) is 5.65. The molecule has 0 aromatic carbocycles. The van der Waals surface area contributed by atoms with Gasteiger partial charge in [0.2, 0.25) is 0 Å². The van der Waals surface area contributed by atoms with E-state index in [1.54, 1.807) is 12.3 Å². The summed E-state index contributed by atoms with van der Waals surface area (Å²) in [6.07, 6.45) is 7.74. The lowest BCUT2D eigenvalue weighted by molar-refractivity contribution is 0.208. The van der Waals surface area contributed by atoms with Crippen molar-refractivity contribution < 1.29 is 4.79 Å². The molecule has 2 aromatic rings. The second-order valence-electron chi connectivity index (χ2n) is 7.83. The van der Waals surface area contributed by atoms with Crippen molar-refractivity contribution in [3.8, 4) is 6.07 Å². The van der Waals surface area contributed by atoms with Crippen LogP contribution >= 0.6 is 0 Å². The van der Waals surface area contributed by atoms with Crippen LogP contribution in [0.4, 0.5) is 16.4 Å². The number of piperazine rings is 1. The summed E-state index contributed by atoms with van der Waals surface area (Å²) in [6, 6.07) is 8.02. The van der Waals surface area contributed by atoms with E-state index in [9.17, 15) is 4.79 Å². The van der Waals surface area contributed by atoms with E-state index in [0.29, 0.717) is 43.6 Å². The van der Waals surface area contributed by atoms with Crippen LogP contribution in [0, 0.1) is 18.3 Å². The van der Waals surface area contributed by atoms with Crippen LogP contribution in [-0.4, -0.2) is 51.9 Å². The van der Waals surface area contributed by atoms with Crippen LogP contribution in [0.5, 0.6) is 0 Å². The van der Waals surface area contributed by atoms with E-state index in [4.69, 9.17) is 5.26 Å². The third-order valence-corrected chi connectivity index (χ3v) is 5.85. The standard InChI is InChI=1S/C21H27N7O/c1-16-13-19(25-28(16)18-5-3-2-4-6-18)24-21(29)27-11-9-26(10-12-27)20-8-7-17(14-22)15-23-20/h7-8,13,15,18H,2-6,9-12H2,1H3,(H,24,25,29). The third kappa shape index (κ3) is 4.34. The van der Waals surface area contributed by atoms with E-state index in [-0.39, 0.29) is 6.03 Å². The van der Waals surface area contributed by atoms with Crippen molar-refractivity contribution in [1.82, 2.24) is 19.7 Å². The largest absolute Gasteiger partial charge is 0.353 e. The monoisotopic (exact) mass is 393 g/mol. The van der Waals surface area contributed by atoms with Crippen molar-refractivity contribution in [1.29, 1.82) is 5.26 Å². The van der Waals surface area contributed by atoms with E-state index in [0.717, 1.165) is 11.5 Å². The Morgan fingerprint density at radius 1 is 1.17 bits per heavy atom. The van der Waals surface area contributed by atoms with Gasteiger partial charge in [0.1, 0.15) is 11.9 Å². The van der Waals surface area contributed by atoms with E-state index >= 15 is 0 Å². The highest BCUT2D eigenvalue weighted by atomic mass is 16.2. The SMILES string of the molecule is Cc1cc(NC(=O)N2CCN(c3ccc(C#N)cn3)CC2)nn1C1CCCCC1. The van der Waals surface area contributed by atoms with E-state index in [1.165, 1.54) is 32.1 Å². The number of rotatable bonds is 3. The number of carbonyl (C=O) groups is 1. The normalized spacial score (nSPS) is 17.8. The first kappa shape index (κ1) is 19.2. The number of urea groups is 1. The van der Waals surface area contributed by atoms with Crippen molar-refractivity contribution >= 4 is 17.7 Å². The number of aromatic nitrogens is 3. The molecule has 0 radical (unpaired) electrons. The molecule has 0 bridgehead atoms. The Labute approximate surface area is 171 Å². The quantitative estimate of drug-likeness (QED) is 0.864. The van der Waals surface area contributed by atoms with Gasteiger partial charge in [-0.3, -0.25) is 10.00 Å². The fourth-order valence-electron chi connectivity index (χ4n) is 4.21. The second-order valence-corrected chi connectivity index (χ2v) is 7.83. The zero-order valence-corrected chi connectivity index (χ0v) is 16.8. The number of nitrogens with zero attached hydrogens (tertiary/aromatic N) is 6. The molecule has 1 saturated carbocycles. The van der Waals surface area contributed by atoms with Crippen molar-refractivity contribution in [2.24, 2.45) is 0 Å². The Morgan fingerprint density at radius 2 is 1.93 bits per heavy atom. The Morgan fingerprint density at radius 3 is 2.59 bits per heavy atom. The number of aryl methyl sites for hydroxylation is 1. The van der Waals surface area contributed by atoms with Crippen molar-refractivity contribution in [3.05, 3.63) is 35.7 Å². The molecule has 1 aliphatic carbocycles. The molecule has 4 rings (SSSR count). The summed E-state index contributed by atoms with van der Waals surface area (Å²) in [5.41, 5.74) is 1.65. The Bertz CT molecular complexity index is 885. The predicted molar refractivity (Wildman–Crippen MR) is 111 cm³/mol. The molecule has 3 heterocycles. The molecule has 1 N–H and O–H groups in total. The number of carbonyl (C=O) groups excluding carboxylic acids is 1. The maximum atomic E-state index is 12.7. The number of hydrogen-bond acceptors (Lipinski definition) is 5. The minimum Gasteiger partial charge on any atom is -0.353 e. The van der Waals surface area contributed by atoms with Gasteiger partial charge in [-0.15, -0.1) is 0 Å². The van der Waals surface area contributed by atoms with Gasteiger partial charge >= 0.3 is 6.03 Å². The minimum atomic E-state index is -0.106. The van der Waals surface area contributed by atoms with Crippen LogP contribution in [0.1, 0.15) is 49.4 Å². The fourth-order valence-corrected chi connectivity index (χ4v) is 4.21. The maximum Gasteiger partial charge on any atom is 0.323 e. The smallest absolute Gasteiger partial charge is 0.323 e. The summed E-state index contributed by atoms with van der Waals surface area (Å²) in [4.78, 5) is 21.0. The van der Waals surface area contributed by atoms with Crippen LogP contribution in [0.3, 0.4) is 0 Å². The second kappa shape index (κ2) is 8.52. The number of anilines is 2. The fraction of sp³-hybridized carbons (Fsp3) is 0.524. The summed E-state index contributed by atoms with van der Waals surface area (Å²) in [5, 5.41) is 16.5. The van der Waals surface area contributed by atoms with Crippen LogP contribution in [0.15, 0.2) is 24.4 Å². The van der Waals surface area contributed by atoms with Crippen molar-refractivity contribution in [2.45, 2.75) is 45.1 Å². The van der Waals surface area contributed by atoms with Gasteiger partial charge in [-0.2, -0.15) is 10.4 Å². The van der Waals surface area contributed by atoms with Crippen molar-refractivity contribution in [2.75, 3.05) is 36.4 Å². The lowest BCUT2D eigenvalue weighted by atomic mass is 9.95. The summed E-state index contributed by atoms with van der Waals surface area (Å²) >= 11 is 0. The molecule has 0 unspecified atom stereocenters. The number of nitriles is 1. The van der Waals surface area contributed by atoms with Gasteiger partial charge in [-0.05, 0) is 31.9 Å². The molecule has 2 amide bonds. The van der Waals surface area contributed by atoms with Crippen LogP contribution in [-0.2, 0) is 0 Å². The van der Waals surface area contributed by atoms with Gasteiger partial charge in [0.15, 0.2) is 5.82 Å². The van der Waals surface area contributed by atoms with E-state index in [1.807, 2.05) is 17.0 Å². The molecular weight excluding hydrogens is 366 g/mol. The highest BCUT2D eigenvalue weighted by molar-refractivity contribution is 5.88. The molecule has 1 aliphatic heterocycles. The zero-order valence-electron chi connectivity index (χ0n) is 16.8. The Hall–Kier alpha value is -3.08.